The number of hydrogen-bond acceptors (Lipinski definition) is 4. The monoisotopic (exact) mass is 322 g/mol. The fourth-order valence-corrected chi connectivity index (χ4v) is 3.02. The first-order valence-corrected chi connectivity index (χ1v) is 8.21. The van der Waals surface area contributed by atoms with Crippen molar-refractivity contribution in [2.24, 2.45) is 0 Å². The van der Waals surface area contributed by atoms with E-state index >= 15 is 0 Å². The molecule has 0 aromatic heterocycles. The molecule has 0 atom stereocenters. The van der Waals surface area contributed by atoms with Gasteiger partial charge in [-0.2, -0.15) is 0 Å². The van der Waals surface area contributed by atoms with Crippen LogP contribution in [0, 0.1) is 0 Å². The molecule has 4 heteroatoms. The largest absolute Gasteiger partial charge is 0.451 e. The summed E-state index contributed by atoms with van der Waals surface area (Å²) in [4.78, 5) is 12.4. The van der Waals surface area contributed by atoms with Crippen molar-refractivity contribution >= 4 is 17.7 Å². The van der Waals surface area contributed by atoms with Crippen LogP contribution in [0.4, 0.5) is 5.69 Å². The molecular formula is C20H22N2O2. The molecule has 1 saturated heterocycles. The maximum absolute atomic E-state index is 12.4. The Morgan fingerprint density at radius 1 is 1.04 bits per heavy atom. The van der Waals surface area contributed by atoms with Crippen molar-refractivity contribution in [2.45, 2.75) is 18.4 Å². The van der Waals surface area contributed by atoms with Crippen molar-refractivity contribution in [3.8, 4) is 0 Å². The average molecular weight is 322 g/mol. The Labute approximate surface area is 142 Å². The second-order valence-electron chi connectivity index (χ2n) is 6.03. The van der Waals surface area contributed by atoms with Crippen molar-refractivity contribution < 1.29 is 9.53 Å². The van der Waals surface area contributed by atoms with Gasteiger partial charge in [0.05, 0.1) is 0 Å². The molecule has 1 aliphatic rings. The Morgan fingerprint density at radius 3 is 2.38 bits per heavy atom. The number of esters is 1. The molecule has 2 aromatic rings. The molecule has 0 aliphatic carbocycles. The van der Waals surface area contributed by atoms with Gasteiger partial charge in [0.2, 0.25) is 0 Å². The number of ether oxygens (including phenoxy) is 1. The van der Waals surface area contributed by atoms with E-state index in [0.29, 0.717) is 5.69 Å². The van der Waals surface area contributed by atoms with E-state index in [-0.39, 0.29) is 5.97 Å². The summed E-state index contributed by atoms with van der Waals surface area (Å²) in [6.07, 6.45) is 4.79. The second-order valence-corrected chi connectivity index (χ2v) is 6.03. The minimum absolute atomic E-state index is 0.322. The summed E-state index contributed by atoms with van der Waals surface area (Å²) < 4.78 is 5.92. The van der Waals surface area contributed by atoms with E-state index in [9.17, 15) is 4.79 Å². The zero-order valence-corrected chi connectivity index (χ0v) is 13.6. The number of anilines is 1. The van der Waals surface area contributed by atoms with Crippen LogP contribution in [0.5, 0.6) is 0 Å². The van der Waals surface area contributed by atoms with Gasteiger partial charge in [-0.1, -0.05) is 42.5 Å². The summed E-state index contributed by atoms with van der Waals surface area (Å²) in [7, 11) is 0. The van der Waals surface area contributed by atoms with Gasteiger partial charge >= 0.3 is 5.97 Å². The standard InChI is InChI=1S/C20H22N2O2/c21-18-9-6-16(7-10-18)8-11-19(23)24-20(12-14-22-15-13-20)17-4-2-1-3-5-17/h1-11,22H,12-15,21H2/b11-8+. The Morgan fingerprint density at radius 2 is 1.71 bits per heavy atom. The average Bonchev–Trinajstić information content (AvgIpc) is 2.63. The highest BCUT2D eigenvalue weighted by atomic mass is 16.6. The molecular weight excluding hydrogens is 300 g/mol. The van der Waals surface area contributed by atoms with Crippen LogP contribution in [0.15, 0.2) is 60.7 Å². The van der Waals surface area contributed by atoms with Crippen LogP contribution in [0.3, 0.4) is 0 Å². The molecule has 4 nitrogen and oxygen atoms in total. The Balaban J connectivity index is 1.75. The molecule has 0 unspecified atom stereocenters. The number of carbonyl (C=O) groups excluding carboxylic acids is 1. The van der Waals surface area contributed by atoms with Gasteiger partial charge in [-0.05, 0) is 42.4 Å². The number of rotatable bonds is 4. The minimum Gasteiger partial charge on any atom is -0.451 e. The molecule has 0 saturated carbocycles. The molecule has 1 fully saturated rings. The molecule has 0 bridgehead atoms. The fraction of sp³-hybridized carbons (Fsp3) is 0.250. The first kappa shape index (κ1) is 16.3. The highest BCUT2D eigenvalue weighted by Crippen LogP contribution is 2.35. The third-order valence-corrected chi connectivity index (χ3v) is 4.36. The lowest BCUT2D eigenvalue weighted by molar-refractivity contribution is -0.157. The number of nitrogen functional groups attached to an aromatic ring is 1. The van der Waals surface area contributed by atoms with E-state index in [1.165, 1.54) is 6.08 Å². The van der Waals surface area contributed by atoms with Gasteiger partial charge in [0, 0.05) is 24.6 Å². The molecule has 0 spiro atoms. The third-order valence-electron chi connectivity index (χ3n) is 4.36. The SMILES string of the molecule is Nc1ccc(/C=C/C(=O)OC2(c3ccccc3)CCNCC2)cc1. The number of benzene rings is 2. The number of nitrogens with one attached hydrogen (secondary N) is 1. The predicted molar refractivity (Wildman–Crippen MR) is 96.2 cm³/mol. The minimum atomic E-state index is -0.547. The summed E-state index contributed by atoms with van der Waals surface area (Å²) in [6.45, 7) is 1.67. The summed E-state index contributed by atoms with van der Waals surface area (Å²) in [5.74, 6) is -0.322. The van der Waals surface area contributed by atoms with Crippen LogP contribution in [-0.2, 0) is 15.1 Å². The van der Waals surface area contributed by atoms with Crippen LogP contribution >= 0.6 is 0 Å². The van der Waals surface area contributed by atoms with Gasteiger partial charge in [-0.15, -0.1) is 0 Å². The molecule has 1 aliphatic heterocycles. The molecule has 3 rings (SSSR count). The number of carbonyl (C=O) groups is 1. The summed E-state index contributed by atoms with van der Waals surface area (Å²) in [5, 5.41) is 3.32. The molecule has 0 amide bonds. The van der Waals surface area contributed by atoms with Crippen molar-refractivity contribution in [2.75, 3.05) is 18.8 Å². The zero-order chi connectivity index (χ0) is 16.8. The molecule has 2 aromatic carbocycles. The van der Waals surface area contributed by atoms with Crippen molar-refractivity contribution in [3.05, 3.63) is 71.8 Å². The Bertz CT molecular complexity index is 702. The molecule has 3 N–H and O–H groups in total. The van der Waals surface area contributed by atoms with Crippen LogP contribution < -0.4 is 11.1 Å². The lowest BCUT2D eigenvalue weighted by atomic mass is 9.85. The molecule has 124 valence electrons. The van der Waals surface area contributed by atoms with Gasteiger partial charge in [0.15, 0.2) is 0 Å². The summed E-state index contributed by atoms with van der Waals surface area (Å²) in [6, 6.07) is 17.4. The van der Waals surface area contributed by atoms with E-state index in [1.807, 2.05) is 54.6 Å². The number of piperidine rings is 1. The number of hydrogen-bond donors (Lipinski definition) is 2. The highest BCUT2D eigenvalue weighted by Gasteiger charge is 2.37. The zero-order valence-electron chi connectivity index (χ0n) is 13.6. The first-order valence-electron chi connectivity index (χ1n) is 8.21. The lowest BCUT2D eigenvalue weighted by Crippen LogP contribution is -2.42. The second kappa shape index (κ2) is 7.32. The van der Waals surface area contributed by atoms with E-state index in [2.05, 4.69) is 5.32 Å². The van der Waals surface area contributed by atoms with Gasteiger partial charge in [0.1, 0.15) is 5.60 Å². The van der Waals surface area contributed by atoms with Crippen LogP contribution in [0.25, 0.3) is 6.08 Å². The lowest BCUT2D eigenvalue weighted by Gasteiger charge is -2.37. The van der Waals surface area contributed by atoms with E-state index in [1.54, 1.807) is 6.08 Å². The predicted octanol–water partition coefficient (Wildman–Crippen LogP) is 3.10. The van der Waals surface area contributed by atoms with Crippen LogP contribution in [0.1, 0.15) is 24.0 Å². The molecule has 24 heavy (non-hydrogen) atoms. The van der Waals surface area contributed by atoms with Crippen molar-refractivity contribution in [1.82, 2.24) is 5.32 Å². The van der Waals surface area contributed by atoms with Gasteiger partial charge < -0.3 is 15.8 Å². The van der Waals surface area contributed by atoms with Crippen molar-refractivity contribution in [3.63, 3.8) is 0 Å². The Kier molecular flexibility index (Phi) is 4.96. The topological polar surface area (TPSA) is 64.4 Å². The van der Waals surface area contributed by atoms with E-state index < -0.39 is 5.60 Å². The van der Waals surface area contributed by atoms with Crippen LogP contribution in [-0.4, -0.2) is 19.1 Å². The smallest absolute Gasteiger partial charge is 0.331 e. The van der Waals surface area contributed by atoms with Crippen molar-refractivity contribution in [1.29, 1.82) is 0 Å². The molecule has 0 radical (unpaired) electrons. The Hall–Kier alpha value is -2.59. The number of nitrogens with two attached hydrogens (primary N) is 1. The van der Waals surface area contributed by atoms with E-state index in [4.69, 9.17) is 10.5 Å². The third kappa shape index (κ3) is 3.84. The highest BCUT2D eigenvalue weighted by molar-refractivity contribution is 5.87. The van der Waals surface area contributed by atoms with Crippen LogP contribution in [0.2, 0.25) is 0 Å². The normalized spacial score (nSPS) is 16.8. The van der Waals surface area contributed by atoms with Gasteiger partial charge in [-0.25, -0.2) is 4.79 Å². The maximum Gasteiger partial charge on any atom is 0.331 e. The first-order chi connectivity index (χ1) is 11.7. The van der Waals surface area contributed by atoms with Gasteiger partial charge in [0.25, 0.3) is 0 Å². The maximum atomic E-state index is 12.4. The van der Waals surface area contributed by atoms with E-state index in [0.717, 1.165) is 37.1 Å². The fourth-order valence-electron chi connectivity index (χ4n) is 3.02. The van der Waals surface area contributed by atoms with Gasteiger partial charge in [-0.3, -0.25) is 0 Å². The summed E-state index contributed by atoms with van der Waals surface area (Å²) in [5.41, 5.74) is 7.79. The molecule has 1 heterocycles. The quantitative estimate of drug-likeness (QED) is 0.516. The summed E-state index contributed by atoms with van der Waals surface area (Å²) >= 11 is 0.